The lowest BCUT2D eigenvalue weighted by molar-refractivity contribution is 0.507. The maximum Gasteiger partial charge on any atom is 0.246 e. The number of aromatic nitrogens is 5. The van der Waals surface area contributed by atoms with Crippen LogP contribution in [0.15, 0.2) is 24.4 Å². The van der Waals surface area contributed by atoms with Gasteiger partial charge < -0.3 is 10.2 Å². The monoisotopic (exact) mass is 337 g/mol. The molecule has 0 aromatic carbocycles. The van der Waals surface area contributed by atoms with Gasteiger partial charge in [-0.3, -0.25) is 5.10 Å². The van der Waals surface area contributed by atoms with E-state index in [4.69, 9.17) is 10.1 Å². The quantitative estimate of drug-likeness (QED) is 0.763. The number of fused-ring (bicyclic) bond motifs is 1. The lowest BCUT2D eigenvalue weighted by Crippen LogP contribution is -2.39. The van der Waals surface area contributed by atoms with Crippen LogP contribution >= 0.6 is 0 Å². The largest absolute Gasteiger partial charge is 0.334 e. The molecule has 1 saturated carbocycles. The Hall–Kier alpha value is -2.57. The van der Waals surface area contributed by atoms with Gasteiger partial charge in [-0.15, -0.1) is 5.10 Å². The Labute approximate surface area is 146 Å². The van der Waals surface area contributed by atoms with Crippen molar-refractivity contribution >= 4 is 23.1 Å². The molecule has 0 spiro atoms. The van der Waals surface area contributed by atoms with Crippen LogP contribution in [0.3, 0.4) is 0 Å². The van der Waals surface area contributed by atoms with Crippen LogP contribution in [0.4, 0.5) is 17.6 Å². The van der Waals surface area contributed by atoms with Gasteiger partial charge in [0.25, 0.3) is 0 Å². The summed E-state index contributed by atoms with van der Waals surface area (Å²) in [4.78, 5) is 7.15. The standard InChI is InChI=1S/C18H23N7/c1-18(2)8-4-9-24(18)17-20-16(14-5-3-10-25(14)23-17)19-15-11-13(21-22-15)12-6-7-12/h3,5,10-12H,4,6-9H2,1-2H3,(H2,19,20,21,22,23). The molecule has 0 bridgehead atoms. The predicted molar refractivity (Wildman–Crippen MR) is 97.5 cm³/mol. The van der Waals surface area contributed by atoms with Crippen molar-refractivity contribution in [2.75, 3.05) is 16.8 Å². The molecule has 130 valence electrons. The predicted octanol–water partition coefficient (Wildman–Crippen LogP) is 3.45. The van der Waals surface area contributed by atoms with Gasteiger partial charge in [-0.25, -0.2) is 4.52 Å². The highest BCUT2D eigenvalue weighted by atomic mass is 15.4. The van der Waals surface area contributed by atoms with E-state index in [1.54, 1.807) is 0 Å². The lowest BCUT2D eigenvalue weighted by Gasteiger charge is -2.31. The number of anilines is 3. The van der Waals surface area contributed by atoms with Crippen molar-refractivity contribution in [3.8, 4) is 0 Å². The van der Waals surface area contributed by atoms with Gasteiger partial charge in [0.15, 0.2) is 11.6 Å². The van der Waals surface area contributed by atoms with Gasteiger partial charge in [-0.1, -0.05) is 0 Å². The summed E-state index contributed by atoms with van der Waals surface area (Å²) in [5.74, 6) is 3.04. The molecule has 0 amide bonds. The smallest absolute Gasteiger partial charge is 0.246 e. The molecule has 25 heavy (non-hydrogen) atoms. The summed E-state index contributed by atoms with van der Waals surface area (Å²) >= 11 is 0. The molecule has 2 aliphatic rings. The first-order chi connectivity index (χ1) is 12.1. The van der Waals surface area contributed by atoms with Crippen LogP contribution in [0.1, 0.15) is 51.1 Å². The SMILES string of the molecule is CC1(C)CCCN1c1nc(Nc2cc(C3CC3)[nH]n2)c2cccn2n1. The zero-order valence-electron chi connectivity index (χ0n) is 14.7. The average Bonchev–Trinajstić information content (AvgIpc) is 2.98. The summed E-state index contributed by atoms with van der Waals surface area (Å²) in [6.07, 6.45) is 6.81. The van der Waals surface area contributed by atoms with Crippen LogP contribution < -0.4 is 10.2 Å². The second-order valence-corrected chi connectivity index (χ2v) is 7.77. The summed E-state index contributed by atoms with van der Waals surface area (Å²) in [5, 5.41) is 15.6. The Morgan fingerprint density at radius 2 is 2.20 bits per heavy atom. The molecule has 7 heteroatoms. The van der Waals surface area contributed by atoms with Gasteiger partial charge >= 0.3 is 0 Å². The fourth-order valence-corrected chi connectivity index (χ4v) is 3.73. The number of hydrogen-bond acceptors (Lipinski definition) is 5. The number of H-pyrrole nitrogens is 1. The third-order valence-corrected chi connectivity index (χ3v) is 5.38. The third kappa shape index (κ3) is 2.54. The molecular formula is C18H23N7. The van der Waals surface area contributed by atoms with Gasteiger partial charge in [0.05, 0.1) is 0 Å². The molecule has 3 aromatic rings. The Kier molecular flexibility index (Phi) is 3.07. The highest BCUT2D eigenvalue weighted by Gasteiger charge is 2.34. The minimum absolute atomic E-state index is 0.0869. The first-order valence-electron chi connectivity index (χ1n) is 9.05. The molecule has 0 radical (unpaired) electrons. The fourth-order valence-electron chi connectivity index (χ4n) is 3.73. The molecule has 7 nitrogen and oxygen atoms in total. The molecule has 3 aromatic heterocycles. The summed E-state index contributed by atoms with van der Waals surface area (Å²) < 4.78 is 1.90. The van der Waals surface area contributed by atoms with Gasteiger partial charge in [0.1, 0.15) is 5.52 Å². The molecule has 0 unspecified atom stereocenters. The van der Waals surface area contributed by atoms with Crippen LogP contribution in [0.25, 0.3) is 5.52 Å². The van der Waals surface area contributed by atoms with Gasteiger partial charge in [0, 0.05) is 36.0 Å². The zero-order chi connectivity index (χ0) is 17.0. The number of rotatable bonds is 4. The van der Waals surface area contributed by atoms with Crippen molar-refractivity contribution in [2.45, 2.75) is 51.0 Å². The Balaban J connectivity index is 1.53. The Morgan fingerprint density at radius 3 is 2.96 bits per heavy atom. The Bertz CT molecular complexity index is 919. The molecule has 1 saturated heterocycles. The topological polar surface area (TPSA) is 74.1 Å². The average molecular weight is 337 g/mol. The molecule has 5 rings (SSSR count). The van der Waals surface area contributed by atoms with Gasteiger partial charge in [-0.05, 0) is 51.7 Å². The number of nitrogens with one attached hydrogen (secondary N) is 2. The molecule has 0 atom stereocenters. The van der Waals surface area contributed by atoms with E-state index in [0.717, 1.165) is 36.1 Å². The third-order valence-electron chi connectivity index (χ3n) is 5.38. The summed E-state index contributed by atoms with van der Waals surface area (Å²) in [6, 6.07) is 6.11. The van der Waals surface area contributed by atoms with Crippen LogP contribution in [-0.4, -0.2) is 36.9 Å². The van der Waals surface area contributed by atoms with E-state index in [1.165, 1.54) is 25.0 Å². The lowest BCUT2D eigenvalue weighted by atomic mass is 10.0. The first-order valence-corrected chi connectivity index (χ1v) is 9.05. The van der Waals surface area contributed by atoms with Gasteiger partial charge in [-0.2, -0.15) is 10.1 Å². The summed E-state index contributed by atoms with van der Waals surface area (Å²) in [6.45, 7) is 5.51. The van der Waals surface area contributed by atoms with Crippen molar-refractivity contribution in [3.63, 3.8) is 0 Å². The van der Waals surface area contributed by atoms with Crippen LogP contribution in [0.2, 0.25) is 0 Å². The maximum atomic E-state index is 4.84. The molecule has 1 aliphatic heterocycles. The minimum atomic E-state index is 0.0869. The van der Waals surface area contributed by atoms with Crippen molar-refractivity contribution in [1.29, 1.82) is 0 Å². The molecule has 1 aliphatic carbocycles. The molecule has 4 heterocycles. The number of nitrogens with zero attached hydrogens (tertiary/aromatic N) is 5. The van der Waals surface area contributed by atoms with E-state index in [2.05, 4.69) is 40.3 Å². The second kappa shape index (κ2) is 5.21. The van der Waals surface area contributed by atoms with E-state index < -0.39 is 0 Å². The fraction of sp³-hybridized carbons (Fsp3) is 0.500. The minimum Gasteiger partial charge on any atom is -0.334 e. The maximum absolute atomic E-state index is 4.84. The van der Waals surface area contributed by atoms with Gasteiger partial charge in [0.2, 0.25) is 5.95 Å². The van der Waals surface area contributed by atoms with Crippen LogP contribution in [0, 0.1) is 0 Å². The van der Waals surface area contributed by atoms with E-state index in [9.17, 15) is 0 Å². The first kappa shape index (κ1) is 14.7. The van der Waals surface area contributed by atoms with Crippen LogP contribution in [0.5, 0.6) is 0 Å². The number of hydrogen-bond donors (Lipinski definition) is 2. The Morgan fingerprint density at radius 1 is 1.32 bits per heavy atom. The summed E-state index contributed by atoms with van der Waals surface area (Å²) in [7, 11) is 0. The van der Waals surface area contributed by atoms with Crippen molar-refractivity contribution < 1.29 is 0 Å². The highest BCUT2D eigenvalue weighted by molar-refractivity contribution is 5.73. The van der Waals surface area contributed by atoms with E-state index in [1.807, 2.05) is 22.8 Å². The van der Waals surface area contributed by atoms with E-state index in [0.29, 0.717) is 5.92 Å². The highest BCUT2D eigenvalue weighted by Crippen LogP contribution is 2.40. The van der Waals surface area contributed by atoms with Crippen molar-refractivity contribution in [2.24, 2.45) is 0 Å². The van der Waals surface area contributed by atoms with Crippen molar-refractivity contribution in [1.82, 2.24) is 24.8 Å². The second-order valence-electron chi connectivity index (χ2n) is 7.77. The number of aromatic amines is 1. The zero-order valence-corrected chi connectivity index (χ0v) is 14.7. The molecule has 2 fully saturated rings. The van der Waals surface area contributed by atoms with Crippen molar-refractivity contribution in [3.05, 3.63) is 30.1 Å². The van der Waals surface area contributed by atoms with E-state index >= 15 is 0 Å². The molecular weight excluding hydrogens is 314 g/mol. The normalized spacial score (nSPS) is 19.7. The van der Waals surface area contributed by atoms with Crippen LogP contribution in [-0.2, 0) is 0 Å². The molecule has 2 N–H and O–H groups in total. The summed E-state index contributed by atoms with van der Waals surface area (Å²) in [5.41, 5.74) is 2.25. The van der Waals surface area contributed by atoms with E-state index in [-0.39, 0.29) is 5.54 Å².